The molecule has 5 nitrogen and oxygen atoms in total. The van der Waals surface area contributed by atoms with Gasteiger partial charge in [-0.1, -0.05) is 31.4 Å². The zero-order valence-corrected chi connectivity index (χ0v) is 15.4. The van der Waals surface area contributed by atoms with E-state index in [0.717, 1.165) is 17.3 Å². The van der Waals surface area contributed by atoms with Crippen LogP contribution in [0.3, 0.4) is 0 Å². The van der Waals surface area contributed by atoms with Crippen molar-refractivity contribution in [2.75, 3.05) is 26.2 Å². The normalized spacial score (nSPS) is 19.2. The van der Waals surface area contributed by atoms with E-state index in [9.17, 15) is 9.59 Å². The fourth-order valence-electron chi connectivity index (χ4n) is 3.43. The van der Waals surface area contributed by atoms with Crippen molar-refractivity contribution in [3.05, 3.63) is 34.3 Å². The van der Waals surface area contributed by atoms with Gasteiger partial charge in [-0.05, 0) is 40.9 Å². The van der Waals surface area contributed by atoms with Crippen molar-refractivity contribution in [1.29, 1.82) is 0 Å². The molecule has 1 N–H and O–H groups in total. The van der Waals surface area contributed by atoms with E-state index >= 15 is 0 Å². The second-order valence-corrected chi connectivity index (χ2v) is 7.40. The number of carbonyl (C=O) groups excluding carboxylic acids is 2. The second-order valence-electron chi connectivity index (χ2n) is 6.54. The SMILES string of the molecule is O=C(NC1CCCCC1)N1CCN(C(=O)c2ccccc2Br)CC1. The van der Waals surface area contributed by atoms with Crippen LogP contribution in [0.25, 0.3) is 0 Å². The van der Waals surface area contributed by atoms with Crippen molar-refractivity contribution in [1.82, 2.24) is 15.1 Å². The molecule has 0 unspecified atom stereocenters. The fourth-order valence-corrected chi connectivity index (χ4v) is 3.88. The Balaban J connectivity index is 1.51. The molecule has 2 aliphatic rings. The number of piperazine rings is 1. The molecule has 24 heavy (non-hydrogen) atoms. The van der Waals surface area contributed by atoms with Crippen molar-refractivity contribution in [2.24, 2.45) is 0 Å². The lowest BCUT2D eigenvalue weighted by atomic mass is 9.96. The third-order valence-corrected chi connectivity index (χ3v) is 5.58. The summed E-state index contributed by atoms with van der Waals surface area (Å²) in [5.41, 5.74) is 0.678. The molecule has 0 radical (unpaired) electrons. The first-order chi connectivity index (χ1) is 11.6. The molecule has 3 amide bonds. The van der Waals surface area contributed by atoms with E-state index in [1.807, 2.05) is 34.1 Å². The maximum absolute atomic E-state index is 12.6. The molecule has 0 spiro atoms. The topological polar surface area (TPSA) is 52.7 Å². The number of amides is 3. The summed E-state index contributed by atoms with van der Waals surface area (Å²) in [5.74, 6) is 0.0230. The van der Waals surface area contributed by atoms with Gasteiger partial charge in [0.05, 0.1) is 5.56 Å². The Hall–Kier alpha value is -1.56. The van der Waals surface area contributed by atoms with Gasteiger partial charge in [-0.2, -0.15) is 0 Å². The lowest BCUT2D eigenvalue weighted by molar-refractivity contribution is 0.0661. The lowest BCUT2D eigenvalue weighted by Gasteiger charge is -2.36. The second kappa shape index (κ2) is 8.01. The molecule has 0 bridgehead atoms. The molecule has 1 saturated heterocycles. The average Bonchev–Trinajstić information content (AvgIpc) is 2.62. The number of hydrogen-bond acceptors (Lipinski definition) is 2. The predicted octanol–water partition coefficient (Wildman–Crippen LogP) is 3.25. The molecule has 3 rings (SSSR count). The lowest BCUT2D eigenvalue weighted by Crippen LogP contribution is -2.54. The van der Waals surface area contributed by atoms with E-state index in [0.29, 0.717) is 37.8 Å². The minimum absolute atomic E-state index is 0.0230. The Morgan fingerprint density at radius 2 is 1.58 bits per heavy atom. The fraction of sp³-hybridized carbons (Fsp3) is 0.556. The monoisotopic (exact) mass is 393 g/mol. The predicted molar refractivity (Wildman–Crippen MR) is 97.0 cm³/mol. The largest absolute Gasteiger partial charge is 0.335 e. The number of carbonyl (C=O) groups is 2. The van der Waals surface area contributed by atoms with E-state index in [4.69, 9.17) is 0 Å². The van der Waals surface area contributed by atoms with Crippen molar-refractivity contribution < 1.29 is 9.59 Å². The Kier molecular flexibility index (Phi) is 5.76. The minimum atomic E-state index is 0.0230. The molecule has 1 heterocycles. The number of rotatable bonds is 2. The molecule has 6 heteroatoms. The third kappa shape index (κ3) is 4.09. The van der Waals surface area contributed by atoms with Gasteiger partial charge in [-0.3, -0.25) is 4.79 Å². The highest BCUT2D eigenvalue weighted by atomic mass is 79.9. The van der Waals surface area contributed by atoms with Gasteiger partial charge < -0.3 is 15.1 Å². The first kappa shape index (κ1) is 17.3. The van der Waals surface area contributed by atoms with Crippen LogP contribution < -0.4 is 5.32 Å². The van der Waals surface area contributed by atoms with Gasteiger partial charge in [-0.25, -0.2) is 4.79 Å². The molecule has 0 atom stereocenters. The van der Waals surface area contributed by atoms with Gasteiger partial charge in [0.15, 0.2) is 0 Å². The Labute approximate surface area is 151 Å². The third-order valence-electron chi connectivity index (χ3n) is 4.89. The Bertz CT molecular complexity index is 594. The van der Waals surface area contributed by atoms with Gasteiger partial charge in [0, 0.05) is 36.7 Å². The highest BCUT2D eigenvalue weighted by Crippen LogP contribution is 2.20. The molecule has 1 aliphatic carbocycles. The number of benzene rings is 1. The molecular formula is C18H24BrN3O2. The summed E-state index contributed by atoms with van der Waals surface area (Å²) in [4.78, 5) is 28.6. The zero-order valence-electron chi connectivity index (χ0n) is 13.8. The molecule has 2 fully saturated rings. The molecule has 1 aromatic carbocycles. The summed E-state index contributed by atoms with van der Waals surface area (Å²) in [6.45, 7) is 2.35. The van der Waals surface area contributed by atoms with Crippen LogP contribution in [0.15, 0.2) is 28.7 Å². The highest BCUT2D eigenvalue weighted by molar-refractivity contribution is 9.10. The molecule has 1 aliphatic heterocycles. The van der Waals surface area contributed by atoms with Gasteiger partial charge >= 0.3 is 6.03 Å². The molecular weight excluding hydrogens is 370 g/mol. The van der Waals surface area contributed by atoms with Crippen LogP contribution in [-0.4, -0.2) is 54.0 Å². The maximum atomic E-state index is 12.6. The van der Waals surface area contributed by atoms with Crippen LogP contribution in [-0.2, 0) is 0 Å². The number of urea groups is 1. The summed E-state index contributed by atoms with van der Waals surface area (Å²) < 4.78 is 0.812. The molecule has 0 aromatic heterocycles. The van der Waals surface area contributed by atoms with E-state index in [2.05, 4.69) is 21.2 Å². The van der Waals surface area contributed by atoms with Crippen LogP contribution >= 0.6 is 15.9 Å². The van der Waals surface area contributed by atoms with Crippen LogP contribution in [0.4, 0.5) is 4.79 Å². The standard InChI is InChI=1S/C18H24BrN3O2/c19-16-9-5-4-8-15(16)17(23)21-10-12-22(13-11-21)18(24)20-14-6-2-1-3-7-14/h4-5,8-9,14H,1-3,6-7,10-13H2,(H,20,24). The van der Waals surface area contributed by atoms with E-state index < -0.39 is 0 Å². The van der Waals surface area contributed by atoms with Crippen molar-refractivity contribution in [3.8, 4) is 0 Å². The zero-order chi connectivity index (χ0) is 16.9. The highest BCUT2D eigenvalue weighted by Gasteiger charge is 2.27. The smallest absolute Gasteiger partial charge is 0.317 e. The van der Waals surface area contributed by atoms with Crippen molar-refractivity contribution in [3.63, 3.8) is 0 Å². The minimum Gasteiger partial charge on any atom is -0.335 e. The number of halogens is 1. The van der Waals surface area contributed by atoms with E-state index in [-0.39, 0.29) is 11.9 Å². The number of nitrogens with one attached hydrogen (secondary N) is 1. The van der Waals surface area contributed by atoms with Crippen LogP contribution in [0, 0.1) is 0 Å². The van der Waals surface area contributed by atoms with Gasteiger partial charge in [0.25, 0.3) is 5.91 Å². The summed E-state index contributed by atoms with van der Waals surface area (Å²) in [5, 5.41) is 3.15. The van der Waals surface area contributed by atoms with E-state index in [1.165, 1.54) is 19.3 Å². The first-order valence-electron chi connectivity index (χ1n) is 8.74. The van der Waals surface area contributed by atoms with Crippen molar-refractivity contribution in [2.45, 2.75) is 38.1 Å². The van der Waals surface area contributed by atoms with Crippen LogP contribution in [0.5, 0.6) is 0 Å². The summed E-state index contributed by atoms with van der Waals surface area (Å²) in [7, 11) is 0. The molecule has 1 aromatic rings. The van der Waals surface area contributed by atoms with Gasteiger partial charge in [0.1, 0.15) is 0 Å². The number of nitrogens with zero attached hydrogens (tertiary/aromatic N) is 2. The summed E-state index contributed by atoms with van der Waals surface area (Å²) in [6, 6.07) is 7.82. The molecule has 130 valence electrons. The Morgan fingerprint density at radius 3 is 2.25 bits per heavy atom. The summed E-state index contributed by atoms with van der Waals surface area (Å²) in [6.07, 6.45) is 5.87. The van der Waals surface area contributed by atoms with Gasteiger partial charge in [-0.15, -0.1) is 0 Å². The number of hydrogen-bond donors (Lipinski definition) is 1. The van der Waals surface area contributed by atoms with E-state index in [1.54, 1.807) is 0 Å². The Morgan fingerprint density at radius 1 is 0.958 bits per heavy atom. The van der Waals surface area contributed by atoms with Crippen LogP contribution in [0.2, 0.25) is 0 Å². The first-order valence-corrected chi connectivity index (χ1v) is 9.53. The summed E-state index contributed by atoms with van der Waals surface area (Å²) >= 11 is 3.43. The maximum Gasteiger partial charge on any atom is 0.317 e. The molecule has 1 saturated carbocycles. The average molecular weight is 394 g/mol. The van der Waals surface area contributed by atoms with Crippen molar-refractivity contribution >= 4 is 27.9 Å². The van der Waals surface area contributed by atoms with Crippen LogP contribution in [0.1, 0.15) is 42.5 Å². The quantitative estimate of drug-likeness (QED) is 0.838. The van der Waals surface area contributed by atoms with Gasteiger partial charge in [0.2, 0.25) is 0 Å².